The standard InChI is InChI=1S/C19H21N9O8P2S/c20-19-25-16-12(17(30)26-19)23-8-28(16)18-14-13(29)10(35-18)1-3-32-37-33-4-2-27-11(6-34-38(31,39)36-14)24-9-5-21-7-22-15(9)27/h1,3,5,7-8,10,13-14,18,29,37H,2,4,6H2,(H,31,39)(H3,20,25,26,30)/b3-1+/t10-,13-,14-,18-,38?/m1/s1. The highest BCUT2D eigenvalue weighted by Crippen LogP contribution is 2.50. The number of nitrogen functional groups attached to an aromatic ring is 1. The van der Waals surface area contributed by atoms with Crippen molar-refractivity contribution in [2.45, 2.75) is 37.7 Å². The van der Waals surface area contributed by atoms with Crippen molar-refractivity contribution >= 4 is 55.8 Å². The number of rotatable bonds is 1. The smallest absolute Gasteiger partial charge is 0.325 e. The first kappa shape index (κ1) is 26.3. The van der Waals surface area contributed by atoms with Crippen LogP contribution < -0.4 is 11.3 Å². The third-order valence-electron chi connectivity index (χ3n) is 5.94. The number of H-pyrrole nitrogens is 1. The number of aliphatic hydroxyl groups excluding tert-OH is 1. The van der Waals surface area contributed by atoms with Crippen LogP contribution in [0.25, 0.3) is 22.3 Å². The number of fused-ring (bicyclic) bond motifs is 6. The summed E-state index contributed by atoms with van der Waals surface area (Å²) in [4.78, 5) is 46.6. The van der Waals surface area contributed by atoms with Crippen molar-refractivity contribution in [2.75, 3.05) is 12.3 Å². The number of nitrogens with one attached hydrogen (secondary N) is 1. The van der Waals surface area contributed by atoms with Crippen LogP contribution in [0.15, 0.2) is 36.0 Å². The average Bonchev–Trinajstić information content (AvgIpc) is 3.56. The van der Waals surface area contributed by atoms with Gasteiger partial charge in [0.05, 0.1) is 25.4 Å². The molecule has 0 aliphatic carbocycles. The van der Waals surface area contributed by atoms with Crippen molar-refractivity contribution in [1.29, 1.82) is 0 Å². The molecule has 6 atom stereocenters. The Kier molecular flexibility index (Phi) is 7.13. The van der Waals surface area contributed by atoms with Crippen LogP contribution in [-0.4, -0.2) is 74.0 Å². The molecule has 6 heterocycles. The second-order valence-electron chi connectivity index (χ2n) is 8.36. The molecule has 2 unspecified atom stereocenters. The molecule has 5 N–H and O–H groups in total. The van der Waals surface area contributed by atoms with E-state index in [0.717, 1.165) is 0 Å². The van der Waals surface area contributed by atoms with Gasteiger partial charge in [-0.05, 0) is 17.9 Å². The minimum atomic E-state index is -4.01. The van der Waals surface area contributed by atoms with E-state index >= 15 is 0 Å². The molecule has 1 fully saturated rings. The number of aromatic nitrogens is 8. The van der Waals surface area contributed by atoms with Crippen LogP contribution in [0.4, 0.5) is 5.95 Å². The van der Waals surface area contributed by atoms with Crippen molar-refractivity contribution in [3.63, 3.8) is 0 Å². The molecule has 2 aliphatic heterocycles. The molecule has 2 aliphatic rings. The van der Waals surface area contributed by atoms with Crippen LogP contribution >= 0.6 is 15.8 Å². The van der Waals surface area contributed by atoms with Gasteiger partial charge in [0.15, 0.2) is 23.0 Å². The number of aromatic amines is 1. The fraction of sp³-hybridized carbons (Fsp3) is 0.368. The lowest BCUT2D eigenvalue weighted by atomic mass is 10.1. The summed E-state index contributed by atoms with van der Waals surface area (Å²) in [5.74, 6) is 0.249. The monoisotopic (exact) mass is 597 g/mol. The van der Waals surface area contributed by atoms with Crippen molar-refractivity contribution < 1.29 is 32.8 Å². The Bertz CT molecular complexity index is 1660. The average molecular weight is 597 g/mol. The van der Waals surface area contributed by atoms with E-state index in [9.17, 15) is 14.8 Å². The zero-order valence-corrected chi connectivity index (χ0v) is 22.4. The number of hydrogen-bond acceptors (Lipinski definition) is 14. The minimum absolute atomic E-state index is 0.0122. The molecule has 0 radical (unpaired) electrons. The first-order chi connectivity index (χ1) is 18.8. The zero-order valence-electron chi connectivity index (χ0n) is 19.7. The second kappa shape index (κ2) is 10.6. The van der Waals surface area contributed by atoms with Crippen LogP contribution in [0.1, 0.15) is 12.1 Å². The molecule has 206 valence electrons. The maximum Gasteiger partial charge on any atom is 0.325 e. The Hall–Kier alpha value is -2.92. The SMILES string of the molecule is Nc1nc2c(ncn2[C@@H]2O[C@@H]3/C=C/OPOCCn4c(nc5cncnc54)COP(O)(=S)O[C@@H]2[C@@H]3O)c(=O)[nH]1. The maximum atomic E-state index is 12.3. The van der Waals surface area contributed by atoms with Crippen molar-refractivity contribution in [3.05, 3.63) is 47.4 Å². The van der Waals surface area contributed by atoms with Crippen LogP contribution in [0.2, 0.25) is 0 Å². The van der Waals surface area contributed by atoms with Gasteiger partial charge in [-0.3, -0.25) is 18.9 Å². The van der Waals surface area contributed by atoms with Gasteiger partial charge >= 0.3 is 6.72 Å². The van der Waals surface area contributed by atoms with Crippen molar-refractivity contribution in [1.82, 2.24) is 39.0 Å². The molecule has 1 saturated heterocycles. The summed E-state index contributed by atoms with van der Waals surface area (Å²) < 4.78 is 31.5. The van der Waals surface area contributed by atoms with E-state index < -0.39 is 36.8 Å². The van der Waals surface area contributed by atoms with Gasteiger partial charge in [0, 0.05) is 6.54 Å². The van der Waals surface area contributed by atoms with Gasteiger partial charge in [-0.15, -0.1) is 0 Å². The van der Waals surface area contributed by atoms with Gasteiger partial charge < -0.3 is 38.6 Å². The van der Waals surface area contributed by atoms with E-state index in [2.05, 4.69) is 29.9 Å². The number of hydrogen-bond donors (Lipinski definition) is 4. The van der Waals surface area contributed by atoms with Gasteiger partial charge in [0.2, 0.25) is 15.0 Å². The Labute approximate surface area is 225 Å². The van der Waals surface area contributed by atoms with Gasteiger partial charge in [0.1, 0.15) is 42.6 Å². The van der Waals surface area contributed by atoms with Gasteiger partial charge in [-0.25, -0.2) is 19.9 Å². The normalized spacial score (nSPS) is 29.9. The number of nitrogens with zero attached hydrogens (tertiary/aromatic N) is 7. The first-order valence-corrected chi connectivity index (χ1v) is 14.8. The molecule has 4 aromatic rings. The van der Waals surface area contributed by atoms with Gasteiger partial charge in [-0.1, -0.05) is 0 Å². The molecule has 20 heteroatoms. The van der Waals surface area contributed by atoms with E-state index in [1.807, 2.05) is 0 Å². The largest absolute Gasteiger partial charge is 0.458 e. The lowest BCUT2D eigenvalue weighted by Gasteiger charge is -2.26. The summed E-state index contributed by atoms with van der Waals surface area (Å²) >= 11 is 5.29. The van der Waals surface area contributed by atoms with Crippen molar-refractivity contribution in [2.24, 2.45) is 0 Å². The van der Waals surface area contributed by atoms with E-state index in [0.29, 0.717) is 23.5 Å². The van der Waals surface area contributed by atoms with E-state index in [1.165, 1.54) is 29.6 Å². The molecule has 0 spiro atoms. The number of anilines is 1. The number of imidazole rings is 2. The molecule has 17 nitrogen and oxygen atoms in total. The summed E-state index contributed by atoms with van der Waals surface area (Å²) in [6, 6.07) is 0. The van der Waals surface area contributed by atoms with E-state index in [4.69, 9.17) is 40.4 Å². The van der Waals surface area contributed by atoms with E-state index in [1.54, 1.807) is 10.8 Å². The molecule has 0 saturated carbocycles. The third-order valence-corrected chi connectivity index (χ3v) is 8.03. The Morgan fingerprint density at radius 3 is 3.03 bits per heavy atom. The summed E-state index contributed by atoms with van der Waals surface area (Å²) in [5.41, 5.74) is 6.28. The highest BCUT2D eigenvalue weighted by atomic mass is 32.5. The molecule has 0 aromatic carbocycles. The Balaban J connectivity index is 1.35. The number of ether oxygens (including phenoxy) is 1. The lowest BCUT2D eigenvalue weighted by Crippen LogP contribution is -2.33. The van der Waals surface area contributed by atoms with Gasteiger partial charge in [0.25, 0.3) is 5.56 Å². The Morgan fingerprint density at radius 1 is 1.28 bits per heavy atom. The van der Waals surface area contributed by atoms with Crippen LogP contribution in [0, 0.1) is 0 Å². The molecular formula is C19H21N9O8P2S. The van der Waals surface area contributed by atoms with Crippen molar-refractivity contribution in [3.8, 4) is 0 Å². The molecule has 39 heavy (non-hydrogen) atoms. The summed E-state index contributed by atoms with van der Waals surface area (Å²) in [6.07, 6.45) is 2.28. The number of aliphatic hydroxyl groups is 1. The van der Waals surface area contributed by atoms with Gasteiger partial charge in [-0.2, -0.15) is 4.98 Å². The Morgan fingerprint density at radius 2 is 2.15 bits per heavy atom. The topological polar surface area (TPSA) is 220 Å². The minimum Gasteiger partial charge on any atom is -0.458 e. The predicted octanol–water partition coefficient (Wildman–Crippen LogP) is -0.0124. The highest BCUT2D eigenvalue weighted by Gasteiger charge is 2.48. The summed E-state index contributed by atoms with van der Waals surface area (Å²) in [6.45, 7) is -3.63. The lowest BCUT2D eigenvalue weighted by molar-refractivity contribution is -0.0215. The first-order valence-electron chi connectivity index (χ1n) is 11.4. The summed E-state index contributed by atoms with van der Waals surface area (Å²) in [5, 5.41) is 11.1. The molecular weight excluding hydrogens is 576 g/mol. The predicted molar refractivity (Wildman–Crippen MR) is 138 cm³/mol. The van der Waals surface area contributed by atoms with Crippen LogP contribution in [0.5, 0.6) is 0 Å². The molecule has 0 amide bonds. The maximum absolute atomic E-state index is 12.3. The zero-order chi connectivity index (χ0) is 27.1. The van der Waals surface area contributed by atoms with Crippen LogP contribution in [0.3, 0.4) is 0 Å². The molecule has 4 aromatic heterocycles. The fourth-order valence-corrected chi connectivity index (χ4v) is 5.96. The fourth-order valence-electron chi connectivity index (χ4n) is 4.25. The molecule has 6 rings (SSSR count). The second-order valence-corrected chi connectivity index (χ2v) is 11.8. The molecule has 2 bridgehead atoms. The van der Waals surface area contributed by atoms with E-state index in [-0.39, 0.29) is 39.4 Å². The quantitative estimate of drug-likeness (QED) is 0.212. The van der Waals surface area contributed by atoms with Crippen LogP contribution in [-0.2, 0) is 47.8 Å². The number of nitrogens with two attached hydrogens (primary N) is 1. The summed E-state index contributed by atoms with van der Waals surface area (Å²) in [7, 11) is -0.344. The highest BCUT2D eigenvalue weighted by molar-refractivity contribution is 8.07. The third kappa shape index (κ3) is 5.18.